The van der Waals surface area contributed by atoms with Gasteiger partial charge in [0.15, 0.2) is 0 Å². The summed E-state index contributed by atoms with van der Waals surface area (Å²) in [6.07, 6.45) is 9.84. The van der Waals surface area contributed by atoms with E-state index in [9.17, 15) is 9.18 Å². The summed E-state index contributed by atoms with van der Waals surface area (Å²) in [4.78, 5) is 16.9. The molecular formula is C25H25FN4O. The Kier molecular flexibility index (Phi) is 4.93. The zero-order chi connectivity index (χ0) is 21.5. The van der Waals surface area contributed by atoms with Gasteiger partial charge < -0.3 is 5.32 Å². The number of hydrogen-bond donors (Lipinski definition) is 1. The predicted molar refractivity (Wildman–Crippen MR) is 117 cm³/mol. The molecule has 0 saturated heterocycles. The quantitative estimate of drug-likeness (QED) is 0.662. The molecule has 1 aromatic carbocycles. The molecule has 5 rings (SSSR count). The molecule has 1 N–H and O–H groups in total. The van der Waals surface area contributed by atoms with Gasteiger partial charge >= 0.3 is 0 Å². The Morgan fingerprint density at radius 1 is 1.26 bits per heavy atom. The molecule has 3 aromatic rings. The maximum atomic E-state index is 14.7. The number of fused-ring (bicyclic) bond motifs is 1. The number of allylic oxidation sites excluding steroid dienone is 1. The lowest BCUT2D eigenvalue weighted by atomic mass is 9.77. The van der Waals surface area contributed by atoms with E-state index in [2.05, 4.69) is 34.5 Å². The zero-order valence-electron chi connectivity index (χ0n) is 17.7. The van der Waals surface area contributed by atoms with Crippen molar-refractivity contribution in [2.75, 3.05) is 0 Å². The van der Waals surface area contributed by atoms with E-state index in [1.54, 1.807) is 13.1 Å². The maximum Gasteiger partial charge on any atom is 0.251 e. The second kappa shape index (κ2) is 7.76. The number of hydrogen-bond acceptors (Lipinski definition) is 3. The first kappa shape index (κ1) is 19.7. The van der Waals surface area contributed by atoms with Crippen molar-refractivity contribution >= 4 is 12.0 Å². The van der Waals surface area contributed by atoms with Crippen molar-refractivity contribution in [2.24, 2.45) is 0 Å². The summed E-state index contributed by atoms with van der Waals surface area (Å²) >= 11 is 0. The number of carbonyl (C=O) groups is 1. The highest BCUT2D eigenvalue weighted by Crippen LogP contribution is 2.41. The minimum atomic E-state index is -0.337. The molecule has 2 unspecified atom stereocenters. The highest BCUT2D eigenvalue weighted by atomic mass is 19.1. The van der Waals surface area contributed by atoms with E-state index in [4.69, 9.17) is 0 Å². The Morgan fingerprint density at radius 3 is 2.84 bits per heavy atom. The van der Waals surface area contributed by atoms with Gasteiger partial charge in [-0.15, -0.1) is 0 Å². The molecular weight excluding hydrogens is 391 g/mol. The van der Waals surface area contributed by atoms with Crippen LogP contribution in [0, 0.1) is 12.7 Å². The lowest BCUT2D eigenvalue weighted by molar-refractivity contribution is 0.0950. The van der Waals surface area contributed by atoms with Gasteiger partial charge in [0.05, 0.1) is 24.1 Å². The van der Waals surface area contributed by atoms with Crippen LogP contribution in [0.3, 0.4) is 0 Å². The normalized spacial score (nSPS) is 19.8. The maximum absolute atomic E-state index is 14.7. The molecule has 2 heterocycles. The average molecular weight is 417 g/mol. The van der Waals surface area contributed by atoms with E-state index in [0.29, 0.717) is 17.7 Å². The monoisotopic (exact) mass is 416 g/mol. The molecule has 1 saturated carbocycles. The van der Waals surface area contributed by atoms with Crippen LogP contribution in [0.15, 0.2) is 48.8 Å². The van der Waals surface area contributed by atoms with Crippen LogP contribution in [-0.2, 0) is 6.54 Å². The third-order valence-electron chi connectivity index (χ3n) is 6.36. The predicted octanol–water partition coefficient (Wildman–Crippen LogP) is 4.58. The Bertz CT molecular complexity index is 1160. The number of rotatable bonds is 5. The molecule has 0 bridgehead atoms. The van der Waals surface area contributed by atoms with E-state index >= 15 is 0 Å². The van der Waals surface area contributed by atoms with Gasteiger partial charge in [0, 0.05) is 29.3 Å². The Hall–Kier alpha value is -3.28. The second-order valence-corrected chi connectivity index (χ2v) is 8.56. The van der Waals surface area contributed by atoms with Crippen molar-refractivity contribution in [1.29, 1.82) is 0 Å². The first-order valence-electron chi connectivity index (χ1n) is 10.8. The van der Waals surface area contributed by atoms with Crippen LogP contribution in [0.2, 0.25) is 0 Å². The van der Waals surface area contributed by atoms with Crippen LogP contribution in [0.4, 0.5) is 4.39 Å². The first-order chi connectivity index (χ1) is 15.0. The van der Waals surface area contributed by atoms with Crippen LogP contribution in [0.25, 0.3) is 6.08 Å². The van der Waals surface area contributed by atoms with Crippen LogP contribution in [0.1, 0.15) is 70.0 Å². The van der Waals surface area contributed by atoms with Crippen LogP contribution < -0.4 is 5.32 Å². The van der Waals surface area contributed by atoms with E-state index < -0.39 is 0 Å². The third-order valence-corrected chi connectivity index (χ3v) is 6.36. The molecule has 31 heavy (non-hydrogen) atoms. The topological polar surface area (TPSA) is 59.8 Å². The number of nitrogens with zero attached hydrogens (tertiary/aromatic N) is 3. The molecule has 0 aliphatic heterocycles. The summed E-state index contributed by atoms with van der Waals surface area (Å²) in [5, 5.41) is 7.54. The fourth-order valence-electron chi connectivity index (χ4n) is 4.32. The largest absolute Gasteiger partial charge is 0.349 e. The average Bonchev–Trinajstić information content (AvgIpc) is 3.49. The smallest absolute Gasteiger partial charge is 0.251 e. The zero-order valence-corrected chi connectivity index (χ0v) is 17.7. The number of pyridine rings is 1. The summed E-state index contributed by atoms with van der Waals surface area (Å²) in [7, 11) is 0. The Morgan fingerprint density at radius 2 is 2.10 bits per heavy atom. The van der Waals surface area contributed by atoms with Crippen molar-refractivity contribution in [2.45, 2.75) is 51.1 Å². The van der Waals surface area contributed by atoms with Gasteiger partial charge in [0.1, 0.15) is 5.82 Å². The standard InChI is InChI=1S/C25H25FN4O/c1-15-20(21-11-17(12-23(26)16(21)2)25(31)29-18-6-7-18)8-9-24-22(15)13-28-30(24)14-19-5-3-4-10-27-19/h3-5,8-13,15,18,20H,6-7,14H2,1-2H3,(H,29,31). The number of aromatic nitrogens is 3. The Balaban J connectivity index is 1.45. The fraction of sp³-hybridized carbons (Fsp3) is 0.320. The van der Waals surface area contributed by atoms with E-state index in [1.165, 1.54) is 6.07 Å². The first-order valence-corrected chi connectivity index (χ1v) is 10.8. The molecule has 1 fully saturated rings. The summed E-state index contributed by atoms with van der Waals surface area (Å²) in [5.41, 5.74) is 4.96. The van der Waals surface area contributed by atoms with Gasteiger partial charge in [-0.1, -0.05) is 19.1 Å². The van der Waals surface area contributed by atoms with Gasteiger partial charge in [0.2, 0.25) is 0 Å². The van der Waals surface area contributed by atoms with Crippen molar-refractivity contribution < 1.29 is 9.18 Å². The van der Waals surface area contributed by atoms with Crippen molar-refractivity contribution in [3.8, 4) is 0 Å². The molecule has 5 nitrogen and oxygen atoms in total. The highest BCUT2D eigenvalue weighted by molar-refractivity contribution is 5.95. The van der Waals surface area contributed by atoms with Crippen LogP contribution in [-0.4, -0.2) is 26.7 Å². The van der Waals surface area contributed by atoms with Crippen molar-refractivity contribution in [3.05, 3.63) is 88.3 Å². The van der Waals surface area contributed by atoms with Gasteiger partial charge in [-0.2, -0.15) is 5.10 Å². The van der Waals surface area contributed by atoms with Gasteiger partial charge in [-0.25, -0.2) is 4.39 Å². The number of amides is 1. The summed E-state index contributed by atoms with van der Waals surface area (Å²) in [5.74, 6) is -0.449. The third kappa shape index (κ3) is 3.78. The number of benzene rings is 1. The molecule has 6 heteroatoms. The lowest BCUT2D eigenvalue weighted by Crippen LogP contribution is -2.26. The molecule has 1 amide bonds. The highest BCUT2D eigenvalue weighted by Gasteiger charge is 2.30. The molecule has 2 aliphatic rings. The van der Waals surface area contributed by atoms with Gasteiger partial charge in [0.25, 0.3) is 5.91 Å². The van der Waals surface area contributed by atoms with Gasteiger partial charge in [-0.05, 0) is 67.2 Å². The molecule has 0 radical (unpaired) electrons. The molecule has 0 spiro atoms. The summed E-state index contributed by atoms with van der Waals surface area (Å²) in [6.45, 7) is 4.52. The molecule has 158 valence electrons. The molecule has 2 aromatic heterocycles. The minimum absolute atomic E-state index is 0.0248. The van der Waals surface area contributed by atoms with E-state index in [-0.39, 0.29) is 29.6 Å². The summed E-state index contributed by atoms with van der Waals surface area (Å²) in [6, 6.07) is 9.29. The van der Waals surface area contributed by atoms with E-state index in [0.717, 1.165) is 35.4 Å². The van der Waals surface area contributed by atoms with Crippen molar-refractivity contribution in [3.63, 3.8) is 0 Å². The number of halogens is 1. The van der Waals surface area contributed by atoms with E-state index in [1.807, 2.05) is 35.1 Å². The van der Waals surface area contributed by atoms with Gasteiger partial charge in [-0.3, -0.25) is 14.5 Å². The molecule has 2 atom stereocenters. The van der Waals surface area contributed by atoms with Crippen molar-refractivity contribution in [1.82, 2.24) is 20.1 Å². The van der Waals surface area contributed by atoms with Crippen LogP contribution >= 0.6 is 0 Å². The SMILES string of the molecule is Cc1c(F)cc(C(=O)NC2CC2)cc1C1C=Cc2c(cnn2Cc2ccccn2)C1C. The second-order valence-electron chi connectivity index (χ2n) is 8.56. The molecule has 2 aliphatic carbocycles. The summed E-state index contributed by atoms with van der Waals surface area (Å²) < 4.78 is 16.7. The lowest BCUT2D eigenvalue weighted by Gasteiger charge is -2.27. The fourth-order valence-corrected chi connectivity index (χ4v) is 4.32. The number of nitrogens with one attached hydrogen (secondary N) is 1. The Labute approximate surface area is 181 Å². The minimum Gasteiger partial charge on any atom is -0.349 e. The number of carbonyl (C=O) groups excluding carboxylic acids is 1. The van der Waals surface area contributed by atoms with Crippen LogP contribution in [0.5, 0.6) is 0 Å².